The molecule has 0 radical (unpaired) electrons. The number of amides is 1. The standard InChI is InChI=1S/C15H17F3N2O2/c16-15(17,18)22-13-4-2-1-3-10(13)11-7-12(11)14(21)20-6-5-9(19)8-20/h1-4,9,11-12H,5-8,19H2/t9-,11?,12?/m1/s1. The van der Waals surface area contributed by atoms with Crippen molar-refractivity contribution < 1.29 is 22.7 Å². The summed E-state index contributed by atoms with van der Waals surface area (Å²) in [6.45, 7) is 1.16. The Morgan fingerprint density at radius 3 is 2.68 bits per heavy atom. The third-order valence-corrected chi connectivity index (χ3v) is 4.19. The molecule has 22 heavy (non-hydrogen) atoms. The van der Waals surface area contributed by atoms with Gasteiger partial charge in [0.1, 0.15) is 5.75 Å². The molecule has 4 nitrogen and oxygen atoms in total. The van der Waals surface area contributed by atoms with Crippen LogP contribution in [0, 0.1) is 5.92 Å². The van der Waals surface area contributed by atoms with Crippen molar-refractivity contribution in [3.63, 3.8) is 0 Å². The molecule has 1 saturated heterocycles. The SMILES string of the molecule is N[C@@H]1CCN(C(=O)C2CC2c2ccccc2OC(F)(F)F)C1. The Kier molecular flexibility index (Phi) is 3.76. The molecule has 1 heterocycles. The van der Waals surface area contributed by atoms with Crippen LogP contribution in [0.25, 0.3) is 0 Å². The van der Waals surface area contributed by atoms with E-state index in [1.54, 1.807) is 17.0 Å². The van der Waals surface area contributed by atoms with Crippen LogP contribution in [-0.2, 0) is 4.79 Å². The van der Waals surface area contributed by atoms with E-state index in [0.29, 0.717) is 25.1 Å². The highest BCUT2D eigenvalue weighted by Crippen LogP contribution is 2.51. The second-order valence-electron chi connectivity index (χ2n) is 5.87. The molecule has 0 spiro atoms. The lowest BCUT2D eigenvalue weighted by Crippen LogP contribution is -2.33. The average Bonchev–Trinajstić information content (AvgIpc) is 3.11. The Balaban J connectivity index is 1.71. The summed E-state index contributed by atoms with van der Waals surface area (Å²) in [5, 5.41) is 0. The smallest absolute Gasteiger partial charge is 0.405 e. The summed E-state index contributed by atoms with van der Waals surface area (Å²) in [5.74, 6) is -0.695. The summed E-state index contributed by atoms with van der Waals surface area (Å²) in [6, 6.07) is 6.03. The molecule has 0 bridgehead atoms. The van der Waals surface area contributed by atoms with Crippen molar-refractivity contribution >= 4 is 5.91 Å². The molecular weight excluding hydrogens is 297 g/mol. The Morgan fingerprint density at radius 2 is 2.05 bits per heavy atom. The molecule has 2 unspecified atom stereocenters. The van der Waals surface area contributed by atoms with Gasteiger partial charge in [-0.1, -0.05) is 18.2 Å². The quantitative estimate of drug-likeness (QED) is 0.931. The van der Waals surface area contributed by atoms with E-state index in [2.05, 4.69) is 4.74 Å². The number of carbonyl (C=O) groups excluding carboxylic acids is 1. The molecule has 2 aliphatic rings. The van der Waals surface area contributed by atoms with Crippen LogP contribution in [-0.4, -0.2) is 36.3 Å². The van der Waals surface area contributed by atoms with Crippen LogP contribution in [0.2, 0.25) is 0 Å². The Morgan fingerprint density at radius 1 is 1.32 bits per heavy atom. The molecule has 120 valence electrons. The van der Waals surface area contributed by atoms with E-state index in [1.165, 1.54) is 12.1 Å². The summed E-state index contributed by atoms with van der Waals surface area (Å²) in [7, 11) is 0. The molecule has 0 aromatic heterocycles. The fraction of sp³-hybridized carbons (Fsp3) is 0.533. The van der Waals surface area contributed by atoms with Crippen LogP contribution in [0.4, 0.5) is 13.2 Å². The molecule has 3 rings (SSSR count). The highest BCUT2D eigenvalue weighted by Gasteiger charge is 2.48. The Labute approximate surface area is 126 Å². The summed E-state index contributed by atoms with van der Waals surface area (Å²) in [6.07, 6.45) is -3.40. The van der Waals surface area contributed by atoms with Crippen molar-refractivity contribution in [2.24, 2.45) is 11.7 Å². The predicted molar refractivity (Wildman–Crippen MR) is 73.1 cm³/mol. The van der Waals surface area contributed by atoms with Crippen molar-refractivity contribution in [2.45, 2.75) is 31.2 Å². The number of benzene rings is 1. The summed E-state index contributed by atoms with van der Waals surface area (Å²) < 4.78 is 41.4. The molecule has 2 N–H and O–H groups in total. The highest BCUT2D eigenvalue weighted by atomic mass is 19.4. The number of halogens is 3. The number of hydrogen-bond donors (Lipinski definition) is 1. The van der Waals surface area contributed by atoms with Gasteiger partial charge in [0, 0.05) is 25.0 Å². The van der Waals surface area contributed by atoms with E-state index in [4.69, 9.17) is 5.73 Å². The first-order valence-corrected chi connectivity index (χ1v) is 7.24. The zero-order chi connectivity index (χ0) is 15.9. The lowest BCUT2D eigenvalue weighted by atomic mass is 10.1. The van der Waals surface area contributed by atoms with Crippen LogP contribution in [0.15, 0.2) is 24.3 Å². The van der Waals surface area contributed by atoms with Gasteiger partial charge in [0.15, 0.2) is 0 Å². The average molecular weight is 314 g/mol. The van der Waals surface area contributed by atoms with Crippen LogP contribution in [0.1, 0.15) is 24.3 Å². The Bertz CT molecular complexity index is 576. The highest BCUT2D eigenvalue weighted by molar-refractivity contribution is 5.83. The maximum absolute atomic E-state index is 12.4. The number of likely N-dealkylation sites (tertiary alicyclic amines) is 1. The lowest BCUT2D eigenvalue weighted by molar-refractivity contribution is -0.274. The van der Waals surface area contributed by atoms with Crippen molar-refractivity contribution in [1.82, 2.24) is 4.90 Å². The van der Waals surface area contributed by atoms with Crippen molar-refractivity contribution in [3.05, 3.63) is 29.8 Å². The summed E-state index contributed by atoms with van der Waals surface area (Å²) in [5.41, 5.74) is 6.23. The van der Waals surface area contributed by atoms with Gasteiger partial charge >= 0.3 is 6.36 Å². The first kappa shape index (κ1) is 15.1. The second-order valence-corrected chi connectivity index (χ2v) is 5.87. The Hall–Kier alpha value is -1.76. The van der Waals surface area contributed by atoms with E-state index >= 15 is 0 Å². The van der Waals surface area contributed by atoms with Crippen LogP contribution in [0.3, 0.4) is 0 Å². The number of para-hydroxylation sites is 1. The van der Waals surface area contributed by atoms with Crippen LogP contribution >= 0.6 is 0 Å². The maximum atomic E-state index is 12.4. The van der Waals surface area contributed by atoms with E-state index in [0.717, 1.165) is 6.42 Å². The molecule has 1 amide bonds. The fourth-order valence-electron chi connectivity index (χ4n) is 3.04. The monoisotopic (exact) mass is 314 g/mol. The molecule has 1 aliphatic carbocycles. The van der Waals surface area contributed by atoms with Gasteiger partial charge in [-0.15, -0.1) is 13.2 Å². The molecule has 3 atom stereocenters. The number of alkyl halides is 3. The molecule has 1 aliphatic heterocycles. The number of carbonyl (C=O) groups is 1. The molecular formula is C15H17F3N2O2. The first-order chi connectivity index (χ1) is 10.3. The number of rotatable bonds is 3. The molecule has 1 aromatic carbocycles. The number of hydrogen-bond acceptors (Lipinski definition) is 3. The minimum Gasteiger partial charge on any atom is -0.405 e. The van der Waals surface area contributed by atoms with Gasteiger partial charge in [-0.2, -0.15) is 0 Å². The van der Waals surface area contributed by atoms with Gasteiger partial charge in [0.2, 0.25) is 5.91 Å². The third-order valence-electron chi connectivity index (χ3n) is 4.19. The number of nitrogens with two attached hydrogens (primary N) is 1. The molecule has 7 heteroatoms. The number of ether oxygens (including phenoxy) is 1. The second kappa shape index (κ2) is 5.46. The maximum Gasteiger partial charge on any atom is 0.573 e. The van der Waals surface area contributed by atoms with E-state index in [1.807, 2.05) is 0 Å². The minimum atomic E-state index is -4.73. The van der Waals surface area contributed by atoms with Crippen LogP contribution in [0.5, 0.6) is 5.75 Å². The molecule has 2 fully saturated rings. The zero-order valence-electron chi connectivity index (χ0n) is 11.8. The largest absolute Gasteiger partial charge is 0.573 e. The third kappa shape index (κ3) is 3.19. The van der Waals surface area contributed by atoms with Gasteiger partial charge in [-0.3, -0.25) is 4.79 Å². The normalized spacial score (nSPS) is 27.8. The summed E-state index contributed by atoms with van der Waals surface area (Å²) in [4.78, 5) is 14.1. The van der Waals surface area contributed by atoms with Crippen molar-refractivity contribution in [3.8, 4) is 5.75 Å². The molecule has 1 aromatic rings. The number of nitrogens with zero attached hydrogens (tertiary/aromatic N) is 1. The minimum absolute atomic E-state index is 0.00185. The zero-order valence-corrected chi connectivity index (χ0v) is 11.8. The van der Waals surface area contributed by atoms with Crippen LogP contribution < -0.4 is 10.5 Å². The predicted octanol–water partition coefficient (Wildman–Crippen LogP) is 2.25. The van der Waals surface area contributed by atoms with E-state index in [9.17, 15) is 18.0 Å². The van der Waals surface area contributed by atoms with Crippen molar-refractivity contribution in [2.75, 3.05) is 13.1 Å². The fourth-order valence-corrected chi connectivity index (χ4v) is 3.04. The van der Waals surface area contributed by atoms with Gasteiger partial charge in [0.25, 0.3) is 0 Å². The van der Waals surface area contributed by atoms with E-state index in [-0.39, 0.29) is 29.5 Å². The topological polar surface area (TPSA) is 55.6 Å². The van der Waals surface area contributed by atoms with Crippen molar-refractivity contribution in [1.29, 1.82) is 0 Å². The van der Waals surface area contributed by atoms with Gasteiger partial charge in [-0.05, 0) is 30.4 Å². The van der Waals surface area contributed by atoms with E-state index < -0.39 is 6.36 Å². The van der Waals surface area contributed by atoms with Gasteiger partial charge < -0.3 is 15.4 Å². The molecule has 1 saturated carbocycles. The van der Waals surface area contributed by atoms with Gasteiger partial charge in [0.05, 0.1) is 0 Å². The lowest BCUT2D eigenvalue weighted by Gasteiger charge is -2.16. The van der Waals surface area contributed by atoms with Gasteiger partial charge in [-0.25, -0.2) is 0 Å². The first-order valence-electron chi connectivity index (χ1n) is 7.24. The summed E-state index contributed by atoms with van der Waals surface area (Å²) >= 11 is 0.